The lowest BCUT2D eigenvalue weighted by atomic mass is 10.5. The van der Waals surface area contributed by atoms with Gasteiger partial charge in [0.1, 0.15) is 0 Å². The van der Waals surface area contributed by atoms with Crippen LogP contribution >= 0.6 is 0 Å². The zero-order valence-electron chi connectivity index (χ0n) is 8.80. The van der Waals surface area contributed by atoms with Crippen molar-refractivity contribution in [2.24, 2.45) is 0 Å². The number of hydrogen-bond donors (Lipinski definition) is 0. The number of sulfonamides is 1. The Morgan fingerprint density at radius 2 is 1.87 bits per heavy atom. The van der Waals surface area contributed by atoms with Gasteiger partial charge in [-0.1, -0.05) is 13.8 Å². The largest absolute Gasteiger partial charge is 0.239 e. The van der Waals surface area contributed by atoms with Crippen molar-refractivity contribution in [3.05, 3.63) is 10.3 Å². The number of hydrogen-bond acceptors (Lipinski definition) is 4. The number of rotatable bonds is 4. The second-order valence-corrected chi connectivity index (χ2v) is 7.25. The van der Waals surface area contributed by atoms with Crippen LogP contribution in [0.3, 0.4) is 0 Å². The molecule has 0 radical (unpaired) electrons. The molecule has 1 heterocycles. The minimum Gasteiger partial charge on any atom is -0.224 e. The van der Waals surface area contributed by atoms with Crippen molar-refractivity contribution in [1.29, 1.82) is 0 Å². The average Bonchev–Trinajstić information content (AvgIpc) is 2.48. The molecule has 88 valence electrons. The van der Waals surface area contributed by atoms with Gasteiger partial charge >= 0.3 is 0 Å². The van der Waals surface area contributed by atoms with Gasteiger partial charge in [0.05, 0.1) is 10.7 Å². The van der Waals surface area contributed by atoms with Crippen LogP contribution in [0.25, 0.3) is 0 Å². The Hall–Kier alpha value is -0.400. The van der Waals surface area contributed by atoms with Gasteiger partial charge in [-0.3, -0.25) is 0 Å². The molecule has 0 amide bonds. The van der Waals surface area contributed by atoms with Crippen molar-refractivity contribution in [2.75, 3.05) is 18.8 Å². The van der Waals surface area contributed by atoms with Crippen LogP contribution in [0, 0.1) is 0 Å². The van der Waals surface area contributed by atoms with Crippen LogP contribution in [0.1, 0.15) is 20.3 Å². The first-order chi connectivity index (χ1) is 6.83. The zero-order chi connectivity index (χ0) is 11.7. The van der Waals surface area contributed by atoms with Gasteiger partial charge < -0.3 is 0 Å². The molecule has 0 fully saturated rings. The van der Waals surface area contributed by atoms with E-state index in [9.17, 15) is 16.8 Å². The van der Waals surface area contributed by atoms with E-state index in [1.54, 1.807) is 13.8 Å². The van der Waals surface area contributed by atoms with Gasteiger partial charge in [0.15, 0.2) is 9.84 Å². The highest BCUT2D eigenvalue weighted by atomic mass is 32.2. The smallest absolute Gasteiger partial charge is 0.224 e. The summed E-state index contributed by atoms with van der Waals surface area (Å²) in [5, 5.41) is 0.890. The molecule has 0 unspecified atom stereocenters. The molecule has 0 aromatic heterocycles. The molecule has 1 aliphatic heterocycles. The van der Waals surface area contributed by atoms with Gasteiger partial charge in [0.25, 0.3) is 0 Å². The van der Waals surface area contributed by atoms with Crippen molar-refractivity contribution < 1.29 is 16.8 Å². The highest BCUT2D eigenvalue weighted by Gasteiger charge is 2.31. The SMILES string of the molecule is CCN(CC)S(=O)(=O)C1=CS(=O)(=O)CC1. The molecule has 0 bridgehead atoms. The molecule has 0 aromatic rings. The van der Waals surface area contributed by atoms with Crippen molar-refractivity contribution in [3.63, 3.8) is 0 Å². The second kappa shape index (κ2) is 4.23. The molecule has 7 heteroatoms. The van der Waals surface area contributed by atoms with E-state index in [0.29, 0.717) is 13.1 Å². The molecule has 15 heavy (non-hydrogen) atoms. The number of sulfone groups is 1. The molecule has 0 aromatic carbocycles. The zero-order valence-corrected chi connectivity index (χ0v) is 10.4. The molecular weight excluding hydrogens is 238 g/mol. The van der Waals surface area contributed by atoms with E-state index in [1.807, 2.05) is 0 Å². The maximum Gasteiger partial charge on any atom is 0.239 e. The molecular formula is C8H15NO4S2. The van der Waals surface area contributed by atoms with E-state index in [-0.39, 0.29) is 17.1 Å². The van der Waals surface area contributed by atoms with Crippen LogP contribution in [0.2, 0.25) is 0 Å². The fourth-order valence-corrected chi connectivity index (χ4v) is 5.05. The normalized spacial score (nSPS) is 20.6. The average molecular weight is 253 g/mol. The standard InChI is InChI=1S/C8H15NO4S2/c1-3-9(4-2)15(12,13)8-5-6-14(10,11)7-8/h7H,3-6H2,1-2H3. The Balaban J connectivity index is 3.09. The summed E-state index contributed by atoms with van der Waals surface area (Å²) < 4.78 is 47.3. The monoisotopic (exact) mass is 253 g/mol. The first-order valence-electron chi connectivity index (χ1n) is 4.77. The third kappa shape index (κ3) is 2.59. The molecule has 0 atom stereocenters. The third-order valence-electron chi connectivity index (χ3n) is 2.32. The summed E-state index contributed by atoms with van der Waals surface area (Å²) in [4.78, 5) is 0.0196. The first-order valence-corrected chi connectivity index (χ1v) is 7.92. The summed E-state index contributed by atoms with van der Waals surface area (Å²) >= 11 is 0. The molecule has 1 aliphatic rings. The number of allylic oxidation sites excluding steroid dienone is 1. The predicted molar refractivity (Wildman–Crippen MR) is 58.3 cm³/mol. The summed E-state index contributed by atoms with van der Waals surface area (Å²) in [7, 11) is -6.85. The Morgan fingerprint density at radius 3 is 2.20 bits per heavy atom. The van der Waals surface area contributed by atoms with Crippen LogP contribution in [-0.2, 0) is 19.9 Å². The highest BCUT2D eigenvalue weighted by molar-refractivity contribution is 7.98. The van der Waals surface area contributed by atoms with Crippen molar-refractivity contribution in [2.45, 2.75) is 20.3 Å². The molecule has 5 nitrogen and oxygen atoms in total. The van der Waals surface area contributed by atoms with E-state index >= 15 is 0 Å². The van der Waals surface area contributed by atoms with E-state index in [4.69, 9.17) is 0 Å². The van der Waals surface area contributed by atoms with Gasteiger partial charge in [-0.2, -0.15) is 4.31 Å². The third-order valence-corrected chi connectivity index (χ3v) is 6.07. The van der Waals surface area contributed by atoms with Crippen molar-refractivity contribution >= 4 is 19.9 Å². The molecule has 0 spiro atoms. The van der Waals surface area contributed by atoms with Gasteiger partial charge in [-0.15, -0.1) is 0 Å². The lowest BCUT2D eigenvalue weighted by Gasteiger charge is -2.18. The summed E-state index contributed by atoms with van der Waals surface area (Å²) in [6, 6.07) is 0. The van der Waals surface area contributed by atoms with Crippen molar-refractivity contribution in [1.82, 2.24) is 4.31 Å². The van der Waals surface area contributed by atoms with E-state index in [1.165, 1.54) is 4.31 Å². The van der Waals surface area contributed by atoms with Crippen LogP contribution in [0.15, 0.2) is 10.3 Å². The molecule has 0 saturated heterocycles. The van der Waals surface area contributed by atoms with Gasteiger partial charge in [0, 0.05) is 18.5 Å². The predicted octanol–water partition coefficient (Wildman–Crippen LogP) is 0.318. The summed E-state index contributed by atoms with van der Waals surface area (Å²) in [6.07, 6.45) is 0.0984. The summed E-state index contributed by atoms with van der Waals surface area (Å²) in [6.45, 7) is 4.17. The fraction of sp³-hybridized carbons (Fsp3) is 0.750. The Kier molecular flexibility index (Phi) is 3.57. The van der Waals surface area contributed by atoms with Crippen LogP contribution in [0.4, 0.5) is 0 Å². The Labute approximate surface area is 90.7 Å². The maximum atomic E-state index is 11.9. The molecule has 0 aliphatic carbocycles. The molecule has 0 saturated carbocycles. The highest BCUT2D eigenvalue weighted by Crippen LogP contribution is 2.24. The quantitative estimate of drug-likeness (QED) is 0.723. The van der Waals surface area contributed by atoms with E-state index in [2.05, 4.69) is 0 Å². The van der Waals surface area contributed by atoms with E-state index in [0.717, 1.165) is 5.41 Å². The minimum atomic E-state index is -3.56. The van der Waals surface area contributed by atoms with Gasteiger partial charge in [0.2, 0.25) is 10.0 Å². The molecule has 1 rings (SSSR count). The summed E-state index contributed by atoms with van der Waals surface area (Å²) in [5.41, 5.74) is 0. The molecule has 0 N–H and O–H groups in total. The lowest BCUT2D eigenvalue weighted by Crippen LogP contribution is -2.31. The summed E-state index contributed by atoms with van der Waals surface area (Å²) in [5.74, 6) is -0.0944. The van der Waals surface area contributed by atoms with Gasteiger partial charge in [-0.25, -0.2) is 16.8 Å². The van der Waals surface area contributed by atoms with E-state index < -0.39 is 19.9 Å². The maximum absolute atomic E-state index is 11.9. The Morgan fingerprint density at radius 1 is 1.33 bits per heavy atom. The van der Waals surface area contributed by atoms with Crippen LogP contribution in [0.5, 0.6) is 0 Å². The van der Waals surface area contributed by atoms with Crippen LogP contribution < -0.4 is 0 Å². The van der Waals surface area contributed by atoms with Crippen molar-refractivity contribution in [3.8, 4) is 0 Å². The fourth-order valence-electron chi connectivity index (χ4n) is 1.48. The first kappa shape index (κ1) is 12.7. The second-order valence-electron chi connectivity index (χ2n) is 3.29. The topological polar surface area (TPSA) is 71.5 Å². The number of nitrogens with zero attached hydrogens (tertiary/aromatic N) is 1. The Bertz CT molecular complexity index is 457. The van der Waals surface area contributed by atoms with Gasteiger partial charge in [-0.05, 0) is 6.42 Å². The minimum absolute atomic E-state index is 0.0196. The van der Waals surface area contributed by atoms with Crippen LogP contribution in [-0.4, -0.2) is 40.0 Å². The lowest BCUT2D eigenvalue weighted by molar-refractivity contribution is 0.450.